The zero-order valence-electron chi connectivity index (χ0n) is 13.4. The van der Waals surface area contributed by atoms with Gasteiger partial charge in [-0.15, -0.1) is 0 Å². The molecule has 0 aliphatic heterocycles. The van der Waals surface area contributed by atoms with Gasteiger partial charge < -0.3 is 14.3 Å². The van der Waals surface area contributed by atoms with Crippen molar-refractivity contribution in [1.82, 2.24) is 15.1 Å². The van der Waals surface area contributed by atoms with E-state index in [0.29, 0.717) is 40.8 Å². The number of nitrogens with zero attached hydrogens (tertiary/aromatic N) is 3. The standard InChI is InChI=1S/C17H14N4O3S/c1-10-18-13-8-12(2-3-14(13)23-10)19-15(22)4-5-16-20-17(21-24-16)11-6-7-25-9-11/h2-3,6-9H,4-5H2,1H3,(H,19,22). The number of hydrogen-bond acceptors (Lipinski definition) is 7. The Morgan fingerprint density at radius 1 is 1.28 bits per heavy atom. The molecule has 0 bridgehead atoms. The SMILES string of the molecule is Cc1nc2cc(NC(=O)CCc3nc(-c4ccsc4)no3)ccc2o1. The van der Waals surface area contributed by atoms with Crippen LogP contribution in [0.15, 0.2) is 44.0 Å². The molecule has 0 aliphatic rings. The van der Waals surface area contributed by atoms with Crippen LogP contribution >= 0.6 is 11.3 Å². The lowest BCUT2D eigenvalue weighted by Crippen LogP contribution is -2.12. The van der Waals surface area contributed by atoms with Crippen molar-refractivity contribution in [3.05, 3.63) is 46.8 Å². The van der Waals surface area contributed by atoms with E-state index in [0.717, 1.165) is 5.56 Å². The van der Waals surface area contributed by atoms with Crippen LogP contribution in [-0.4, -0.2) is 21.0 Å². The van der Waals surface area contributed by atoms with E-state index in [2.05, 4.69) is 20.4 Å². The summed E-state index contributed by atoms with van der Waals surface area (Å²) in [7, 11) is 0. The van der Waals surface area contributed by atoms with Crippen molar-refractivity contribution >= 4 is 34.0 Å². The number of rotatable bonds is 5. The molecule has 126 valence electrons. The van der Waals surface area contributed by atoms with Crippen molar-refractivity contribution in [3.63, 3.8) is 0 Å². The lowest BCUT2D eigenvalue weighted by atomic mass is 10.2. The van der Waals surface area contributed by atoms with Crippen molar-refractivity contribution in [2.45, 2.75) is 19.8 Å². The molecule has 0 fully saturated rings. The van der Waals surface area contributed by atoms with Gasteiger partial charge in [0.2, 0.25) is 17.6 Å². The van der Waals surface area contributed by atoms with E-state index < -0.39 is 0 Å². The van der Waals surface area contributed by atoms with Gasteiger partial charge in [0, 0.05) is 36.4 Å². The molecule has 8 heteroatoms. The molecule has 3 aromatic heterocycles. The van der Waals surface area contributed by atoms with Gasteiger partial charge in [0.15, 0.2) is 11.5 Å². The van der Waals surface area contributed by atoms with Crippen LogP contribution in [0.2, 0.25) is 0 Å². The first-order valence-corrected chi connectivity index (χ1v) is 8.64. The van der Waals surface area contributed by atoms with Gasteiger partial charge in [-0.25, -0.2) is 4.98 Å². The minimum atomic E-state index is -0.130. The van der Waals surface area contributed by atoms with E-state index in [-0.39, 0.29) is 12.3 Å². The number of anilines is 1. The summed E-state index contributed by atoms with van der Waals surface area (Å²) in [5, 5.41) is 10.7. The number of oxazole rings is 1. The smallest absolute Gasteiger partial charge is 0.227 e. The zero-order chi connectivity index (χ0) is 17.2. The van der Waals surface area contributed by atoms with Crippen molar-refractivity contribution in [1.29, 1.82) is 0 Å². The van der Waals surface area contributed by atoms with E-state index in [1.165, 1.54) is 0 Å². The number of carbonyl (C=O) groups is 1. The fraction of sp³-hybridized carbons (Fsp3) is 0.176. The molecule has 0 aliphatic carbocycles. The van der Waals surface area contributed by atoms with E-state index in [9.17, 15) is 4.79 Å². The molecule has 0 radical (unpaired) electrons. The minimum Gasteiger partial charge on any atom is -0.441 e. The first-order valence-electron chi connectivity index (χ1n) is 7.69. The normalized spacial score (nSPS) is 11.1. The summed E-state index contributed by atoms with van der Waals surface area (Å²) >= 11 is 1.57. The second-order valence-electron chi connectivity index (χ2n) is 5.49. The number of hydrogen-bond donors (Lipinski definition) is 1. The molecule has 0 saturated heterocycles. The largest absolute Gasteiger partial charge is 0.441 e. The maximum atomic E-state index is 12.1. The van der Waals surface area contributed by atoms with Crippen molar-refractivity contribution < 1.29 is 13.7 Å². The van der Waals surface area contributed by atoms with Crippen LogP contribution in [-0.2, 0) is 11.2 Å². The molecule has 0 atom stereocenters. The number of fused-ring (bicyclic) bond motifs is 1. The van der Waals surface area contributed by atoms with E-state index >= 15 is 0 Å². The second kappa shape index (κ2) is 6.48. The average Bonchev–Trinajstić information content (AvgIpc) is 3.32. The second-order valence-corrected chi connectivity index (χ2v) is 6.27. The van der Waals surface area contributed by atoms with Crippen LogP contribution in [0, 0.1) is 6.92 Å². The predicted octanol–water partition coefficient (Wildman–Crippen LogP) is 3.82. The Bertz CT molecular complexity index is 1020. The zero-order valence-corrected chi connectivity index (χ0v) is 14.2. The molecule has 0 unspecified atom stereocenters. The molecular weight excluding hydrogens is 340 g/mol. The summed E-state index contributed by atoms with van der Waals surface area (Å²) in [6.07, 6.45) is 0.634. The Morgan fingerprint density at radius 3 is 3.04 bits per heavy atom. The highest BCUT2D eigenvalue weighted by molar-refractivity contribution is 7.08. The van der Waals surface area contributed by atoms with Crippen LogP contribution in [0.4, 0.5) is 5.69 Å². The van der Waals surface area contributed by atoms with E-state index in [4.69, 9.17) is 8.94 Å². The van der Waals surface area contributed by atoms with Crippen LogP contribution in [0.3, 0.4) is 0 Å². The van der Waals surface area contributed by atoms with Gasteiger partial charge in [0.05, 0.1) is 0 Å². The number of amides is 1. The highest BCUT2D eigenvalue weighted by Crippen LogP contribution is 2.21. The number of nitrogens with one attached hydrogen (secondary N) is 1. The first kappa shape index (κ1) is 15.5. The molecule has 7 nitrogen and oxygen atoms in total. The maximum absolute atomic E-state index is 12.1. The van der Waals surface area contributed by atoms with Gasteiger partial charge in [-0.05, 0) is 29.6 Å². The molecular formula is C17H14N4O3S. The van der Waals surface area contributed by atoms with E-state index in [1.807, 2.05) is 16.8 Å². The Kier molecular flexibility index (Phi) is 4.02. The fourth-order valence-corrected chi connectivity index (χ4v) is 3.06. The number of aryl methyl sites for hydroxylation is 2. The molecule has 1 aromatic carbocycles. The monoisotopic (exact) mass is 354 g/mol. The highest BCUT2D eigenvalue weighted by atomic mass is 32.1. The van der Waals surface area contributed by atoms with Gasteiger partial charge in [-0.3, -0.25) is 4.79 Å². The number of benzene rings is 1. The third-order valence-corrected chi connectivity index (χ3v) is 4.27. The molecule has 1 N–H and O–H groups in total. The number of aromatic nitrogens is 3. The molecule has 3 heterocycles. The Hall–Kier alpha value is -3.00. The average molecular weight is 354 g/mol. The van der Waals surface area contributed by atoms with Gasteiger partial charge in [-0.2, -0.15) is 16.3 Å². The van der Waals surface area contributed by atoms with Crippen LogP contribution in [0.25, 0.3) is 22.5 Å². The lowest BCUT2D eigenvalue weighted by molar-refractivity contribution is -0.116. The molecule has 4 rings (SSSR count). The molecule has 25 heavy (non-hydrogen) atoms. The third-order valence-electron chi connectivity index (χ3n) is 3.59. The Balaban J connectivity index is 1.37. The summed E-state index contributed by atoms with van der Waals surface area (Å²) in [5.41, 5.74) is 3.01. The third kappa shape index (κ3) is 3.43. The lowest BCUT2D eigenvalue weighted by Gasteiger charge is -2.03. The molecule has 0 saturated carbocycles. The van der Waals surface area contributed by atoms with Crippen LogP contribution in [0.5, 0.6) is 0 Å². The maximum Gasteiger partial charge on any atom is 0.227 e. The first-order chi connectivity index (χ1) is 12.2. The van der Waals surface area contributed by atoms with Crippen molar-refractivity contribution in [2.24, 2.45) is 0 Å². The fourth-order valence-electron chi connectivity index (χ4n) is 2.43. The number of thiophene rings is 1. The topological polar surface area (TPSA) is 94.1 Å². The summed E-state index contributed by atoms with van der Waals surface area (Å²) in [5.74, 6) is 1.45. The number of carbonyl (C=O) groups excluding carboxylic acids is 1. The van der Waals surface area contributed by atoms with Gasteiger partial charge in [0.25, 0.3) is 0 Å². The molecule has 1 amide bonds. The molecule has 4 aromatic rings. The van der Waals surface area contributed by atoms with Gasteiger partial charge in [0.1, 0.15) is 5.52 Å². The highest BCUT2D eigenvalue weighted by Gasteiger charge is 2.12. The summed E-state index contributed by atoms with van der Waals surface area (Å²) in [4.78, 5) is 20.7. The van der Waals surface area contributed by atoms with Crippen LogP contribution < -0.4 is 5.32 Å². The van der Waals surface area contributed by atoms with Crippen LogP contribution in [0.1, 0.15) is 18.2 Å². The molecule has 0 spiro atoms. The summed E-state index contributed by atoms with van der Waals surface area (Å²) < 4.78 is 10.6. The van der Waals surface area contributed by atoms with Gasteiger partial charge in [-0.1, -0.05) is 5.16 Å². The van der Waals surface area contributed by atoms with Crippen molar-refractivity contribution in [3.8, 4) is 11.4 Å². The van der Waals surface area contributed by atoms with E-state index in [1.54, 1.807) is 36.5 Å². The minimum absolute atomic E-state index is 0.130. The van der Waals surface area contributed by atoms with Gasteiger partial charge >= 0.3 is 0 Å². The predicted molar refractivity (Wildman–Crippen MR) is 93.3 cm³/mol. The summed E-state index contributed by atoms with van der Waals surface area (Å²) in [6, 6.07) is 7.28. The Morgan fingerprint density at radius 2 is 2.20 bits per heavy atom. The Labute approximate surface area is 146 Å². The van der Waals surface area contributed by atoms with Crippen molar-refractivity contribution in [2.75, 3.05) is 5.32 Å². The quantitative estimate of drug-likeness (QED) is 0.585. The summed E-state index contributed by atoms with van der Waals surface area (Å²) in [6.45, 7) is 1.78.